The van der Waals surface area contributed by atoms with E-state index >= 15 is 0 Å². The summed E-state index contributed by atoms with van der Waals surface area (Å²) in [4.78, 5) is 0. The summed E-state index contributed by atoms with van der Waals surface area (Å²) in [5, 5.41) is 1.54. The molecule has 11 aromatic carbocycles. The molecule has 0 unspecified atom stereocenters. The van der Waals surface area contributed by atoms with Crippen LogP contribution in [0.3, 0.4) is 0 Å². The van der Waals surface area contributed by atoms with Gasteiger partial charge < -0.3 is 0 Å². The second-order valence-corrected chi connectivity index (χ2v) is 31.6. The van der Waals surface area contributed by atoms with Gasteiger partial charge in [0, 0.05) is 0 Å². The highest BCUT2D eigenvalue weighted by Gasteiger charge is 2.15. The van der Waals surface area contributed by atoms with Gasteiger partial charge in [0.15, 0.2) is 0 Å². The molecule has 0 N–H and O–H groups in total. The highest BCUT2D eigenvalue weighted by atomic mass is 28.3. The van der Waals surface area contributed by atoms with Crippen LogP contribution in [-0.4, -0.2) is 8.07 Å². The lowest BCUT2D eigenvalue weighted by molar-refractivity contribution is 1.30. The first-order valence-corrected chi connectivity index (χ1v) is 35.7. The van der Waals surface area contributed by atoms with E-state index in [1.807, 2.05) is 6.07 Å². The van der Waals surface area contributed by atoms with Crippen LogP contribution < -0.4 is 5.19 Å². The van der Waals surface area contributed by atoms with Crippen molar-refractivity contribution in [1.29, 1.82) is 0 Å². The molecule has 0 aliphatic rings. The zero-order valence-corrected chi connectivity index (χ0v) is 60.4. The molecular formula is C89H106Si. The van der Waals surface area contributed by atoms with E-state index in [9.17, 15) is 0 Å². The van der Waals surface area contributed by atoms with Gasteiger partial charge in [0.1, 0.15) is 0 Å². The second kappa shape index (κ2) is 34.6. The normalized spacial score (nSPS) is 10.4. The fourth-order valence-corrected chi connectivity index (χ4v) is 12.2. The van der Waals surface area contributed by atoms with Crippen LogP contribution in [0.2, 0.25) is 19.6 Å². The average Bonchev–Trinajstić information content (AvgIpc) is 1.57. The molecular weight excluding hydrogens is 1100 g/mol. The Labute approximate surface area is 548 Å². The summed E-state index contributed by atoms with van der Waals surface area (Å²) >= 11 is 0. The van der Waals surface area contributed by atoms with Gasteiger partial charge in [-0.3, -0.25) is 0 Å². The Bertz CT molecular complexity index is 3900. The van der Waals surface area contributed by atoms with Crippen molar-refractivity contribution in [2.75, 3.05) is 0 Å². The van der Waals surface area contributed by atoms with Gasteiger partial charge in [-0.2, -0.15) is 0 Å². The maximum absolute atomic E-state index is 2.37. The van der Waals surface area contributed by atoms with Crippen LogP contribution in [0.4, 0.5) is 0 Å². The first kappa shape index (κ1) is 72.4. The molecule has 0 saturated heterocycles. The highest BCUT2D eigenvalue weighted by Crippen LogP contribution is 2.31. The molecule has 0 aromatic heterocycles. The molecule has 11 aromatic rings. The Balaban J connectivity index is 0.000000193. The summed E-state index contributed by atoms with van der Waals surface area (Å²) < 4.78 is 0. The van der Waals surface area contributed by atoms with Gasteiger partial charge >= 0.3 is 0 Å². The van der Waals surface area contributed by atoms with Crippen molar-refractivity contribution in [2.45, 2.75) is 158 Å². The molecule has 0 amide bonds. The van der Waals surface area contributed by atoms with Crippen molar-refractivity contribution in [1.82, 2.24) is 0 Å². The van der Waals surface area contributed by atoms with E-state index in [-0.39, 0.29) is 0 Å². The molecule has 466 valence electrons. The van der Waals surface area contributed by atoms with Gasteiger partial charge in [-0.15, -0.1) is 0 Å². The van der Waals surface area contributed by atoms with Crippen LogP contribution in [0, 0.1) is 138 Å². The number of rotatable bonds is 5. The fraction of sp³-hybridized carbons (Fsp3) is 0.258. The molecule has 0 aliphatic carbocycles. The third kappa shape index (κ3) is 23.5. The highest BCUT2D eigenvalue weighted by molar-refractivity contribution is 6.88. The molecule has 1 heteroatoms. The van der Waals surface area contributed by atoms with Crippen LogP contribution in [-0.2, 0) is 0 Å². The molecule has 0 aliphatic heterocycles. The van der Waals surface area contributed by atoms with Gasteiger partial charge in [-0.1, -0.05) is 305 Å². The summed E-state index contributed by atoms with van der Waals surface area (Å²) in [5.74, 6) is 0. The molecule has 90 heavy (non-hydrogen) atoms. The van der Waals surface area contributed by atoms with Crippen molar-refractivity contribution in [3.63, 3.8) is 0 Å². The molecule has 11 rings (SSSR count). The van der Waals surface area contributed by atoms with Crippen molar-refractivity contribution >= 4 is 13.3 Å². The minimum absolute atomic E-state index is 1.06. The lowest BCUT2D eigenvalue weighted by Gasteiger charge is -2.16. The van der Waals surface area contributed by atoms with E-state index in [1.54, 1.807) is 5.19 Å². The summed E-state index contributed by atoms with van der Waals surface area (Å²) in [6.45, 7) is 50.1. The summed E-state index contributed by atoms with van der Waals surface area (Å²) in [5.41, 5.74) is 37.6. The number of aryl methyl sites for hydroxylation is 20. The van der Waals surface area contributed by atoms with Crippen LogP contribution in [0.5, 0.6) is 0 Å². The van der Waals surface area contributed by atoms with Gasteiger partial charge in [0.2, 0.25) is 0 Å². The van der Waals surface area contributed by atoms with Crippen molar-refractivity contribution in [2.24, 2.45) is 0 Å². The zero-order valence-electron chi connectivity index (χ0n) is 59.4. The fourth-order valence-electron chi connectivity index (χ4n) is 11.0. The SMILES string of the molecule is Cc1cc(C)cc(-c2c(C)cc(C)cc2C)c1.Cc1ccc(-c2c(C)cccc2C)cc1.Cc1ccc(-c2cc(C)cc(C)c2)cc1.Cc1ccc(-c2ccccc2)cc1C.Cc1ccc(C)c(C)c1.Cc1ccc(C)c(C)c1.Cc1ccc([Si](C)(C)C)cc1. The van der Waals surface area contributed by atoms with Gasteiger partial charge in [0.25, 0.3) is 0 Å². The first-order chi connectivity index (χ1) is 42.5. The van der Waals surface area contributed by atoms with Gasteiger partial charge in [-0.05, 0) is 239 Å². The summed E-state index contributed by atoms with van der Waals surface area (Å²) in [7, 11) is -1.06. The molecule has 0 bridgehead atoms. The van der Waals surface area contributed by atoms with Crippen LogP contribution in [0.25, 0.3) is 44.5 Å². The average molecular weight is 1200 g/mol. The van der Waals surface area contributed by atoms with Gasteiger partial charge in [-0.25, -0.2) is 0 Å². The minimum atomic E-state index is -1.06. The van der Waals surface area contributed by atoms with Crippen molar-refractivity contribution < 1.29 is 0 Å². The monoisotopic (exact) mass is 1200 g/mol. The van der Waals surface area contributed by atoms with Gasteiger partial charge in [0.05, 0.1) is 8.07 Å². The predicted molar refractivity (Wildman–Crippen MR) is 405 cm³/mol. The third-order valence-corrected chi connectivity index (χ3v) is 18.5. The summed E-state index contributed by atoms with van der Waals surface area (Å²) in [6.07, 6.45) is 0. The Kier molecular flexibility index (Phi) is 27.8. The molecule has 0 atom stereocenters. The maximum atomic E-state index is 2.37. The quantitative estimate of drug-likeness (QED) is 0.151. The Morgan fingerprint density at radius 1 is 0.167 bits per heavy atom. The standard InChI is InChI=1S/C17H20.2C15H16.C14H14.C10H16Si.2C9H12/c1-11-6-12(2)10-16(9-11)17-14(4)7-13(3)8-15(17)5;1-11-4-6-14(7-5-11)15-9-12(2)8-13(3)10-15;1-11-7-9-14(10-8-11)15-12(2)5-4-6-13(15)3;1-11-8-9-14(10-12(11)2)13-6-4-3-5-7-13;1-9-5-7-10(8-6-9)11(2,3)4;2*1-7-4-5-8(2)9(3)6-7/h6-10H,1-5H3;2*4-10H,1-3H3;3-10H,1-2H3;5-8H,1-4H3;2*4-6H,1-3H3. The predicted octanol–water partition coefficient (Wildman–Crippen LogP) is 25.2. The number of benzene rings is 11. The van der Waals surface area contributed by atoms with Crippen LogP contribution in [0.15, 0.2) is 224 Å². The molecule has 0 heterocycles. The van der Waals surface area contributed by atoms with E-state index in [0.717, 1.165) is 0 Å². The number of hydrogen-bond acceptors (Lipinski definition) is 0. The van der Waals surface area contributed by atoms with E-state index in [4.69, 9.17) is 0 Å². The largest absolute Gasteiger partial charge is 0.0775 e. The molecule has 0 fully saturated rings. The van der Waals surface area contributed by atoms with E-state index in [1.165, 1.54) is 156 Å². The topological polar surface area (TPSA) is 0 Å². The Morgan fingerprint density at radius 3 is 0.867 bits per heavy atom. The maximum Gasteiger partial charge on any atom is 0.0775 e. The van der Waals surface area contributed by atoms with Crippen LogP contribution >= 0.6 is 0 Å². The van der Waals surface area contributed by atoms with Crippen LogP contribution in [0.1, 0.15) is 111 Å². The van der Waals surface area contributed by atoms with E-state index in [2.05, 4.69) is 377 Å². The summed E-state index contributed by atoms with van der Waals surface area (Å²) in [6, 6.07) is 80.9. The van der Waals surface area contributed by atoms with E-state index < -0.39 is 8.07 Å². The second-order valence-electron chi connectivity index (χ2n) is 26.5. The van der Waals surface area contributed by atoms with Crippen molar-refractivity contribution in [3.05, 3.63) is 336 Å². The molecule has 0 saturated carbocycles. The Hall–Kier alpha value is -8.36. The third-order valence-electron chi connectivity index (χ3n) is 16.5. The van der Waals surface area contributed by atoms with E-state index in [0.29, 0.717) is 0 Å². The molecule has 0 nitrogen and oxygen atoms in total. The lowest BCUT2D eigenvalue weighted by atomic mass is 9.92. The first-order valence-electron chi connectivity index (χ1n) is 32.2. The number of hydrogen-bond donors (Lipinski definition) is 0. The minimum Gasteiger partial charge on any atom is -0.0656 e. The molecule has 0 spiro atoms. The van der Waals surface area contributed by atoms with Crippen molar-refractivity contribution in [3.8, 4) is 44.5 Å². The zero-order chi connectivity index (χ0) is 66.4. The lowest BCUT2D eigenvalue weighted by Crippen LogP contribution is -2.37. The smallest absolute Gasteiger partial charge is 0.0656 e. The molecule has 0 radical (unpaired) electrons. The Morgan fingerprint density at radius 2 is 0.478 bits per heavy atom.